The average Bonchev–Trinajstić information content (AvgIpc) is 2.51. The summed E-state index contributed by atoms with van der Waals surface area (Å²) >= 11 is 3.87. The Morgan fingerprint density at radius 1 is 0.862 bits per heavy atom. The Balaban J connectivity index is 0.000000171. The molecule has 0 bridgehead atoms. The molecule has 6 nitrogen and oxygen atoms in total. The molecule has 2 aliphatic heterocycles. The van der Waals surface area contributed by atoms with Crippen molar-refractivity contribution in [2.24, 2.45) is 5.73 Å². The fourth-order valence-corrected chi connectivity index (χ4v) is 3.25. The van der Waals surface area contributed by atoms with Crippen LogP contribution in [-0.4, -0.2) is 47.5 Å². The van der Waals surface area contributed by atoms with E-state index in [0.29, 0.717) is 22.6 Å². The second kappa shape index (κ2) is 10.5. The van der Waals surface area contributed by atoms with Gasteiger partial charge in [-0.1, -0.05) is 0 Å². The summed E-state index contributed by atoms with van der Waals surface area (Å²) in [6, 6.07) is 5.52. The fourth-order valence-electron chi connectivity index (χ4n) is 2.18. The zero-order valence-corrected chi connectivity index (χ0v) is 20.1. The molecular weight excluding hydrogens is 615 g/mol. The topological polar surface area (TPSA) is 82.3 Å². The largest absolute Gasteiger partial charge is 0.377 e. The van der Waals surface area contributed by atoms with Crippen molar-refractivity contribution < 1.29 is 22.6 Å². The van der Waals surface area contributed by atoms with Crippen molar-refractivity contribution in [1.29, 1.82) is 0 Å². The molecule has 4 rings (SSSR count). The first-order valence-electron chi connectivity index (χ1n) is 8.51. The molecule has 160 valence electrons. The van der Waals surface area contributed by atoms with E-state index < -0.39 is 17.8 Å². The van der Waals surface area contributed by atoms with Crippen LogP contribution in [0.1, 0.15) is 13.8 Å². The van der Waals surface area contributed by atoms with Crippen LogP contribution in [0.5, 0.6) is 0 Å². The number of hydrogen-bond donors (Lipinski definition) is 2. The summed E-state index contributed by atoms with van der Waals surface area (Å²) < 4.78 is 48.3. The van der Waals surface area contributed by atoms with Gasteiger partial charge in [-0.2, -0.15) is 18.2 Å². The molecule has 4 heterocycles. The number of nitrogens with two attached hydrogens (primary N) is 1. The van der Waals surface area contributed by atoms with Gasteiger partial charge >= 0.3 is 0 Å². The molecular formula is C18H21F3I2N4O2. The van der Waals surface area contributed by atoms with Crippen molar-refractivity contribution in [1.82, 2.24) is 9.97 Å². The number of anilines is 1. The van der Waals surface area contributed by atoms with Gasteiger partial charge in [0.1, 0.15) is 5.82 Å². The van der Waals surface area contributed by atoms with Gasteiger partial charge in [0, 0.05) is 25.3 Å². The average molecular weight is 636 g/mol. The molecule has 0 radical (unpaired) electrons. The van der Waals surface area contributed by atoms with Crippen LogP contribution in [0, 0.1) is 25.0 Å². The predicted octanol–water partition coefficient (Wildman–Crippen LogP) is 3.72. The number of nitrogens with one attached hydrogen (secondary N) is 1. The number of hydrogen-bond acceptors (Lipinski definition) is 6. The zero-order chi connectivity index (χ0) is 21.7. The number of ether oxygens (including phenoxy) is 2. The van der Waals surface area contributed by atoms with Crippen LogP contribution in [0.3, 0.4) is 0 Å². The molecule has 2 aromatic rings. The summed E-state index contributed by atoms with van der Waals surface area (Å²) in [7, 11) is 0. The second-order valence-corrected chi connectivity index (χ2v) is 9.74. The van der Waals surface area contributed by atoms with Crippen LogP contribution in [0.15, 0.2) is 24.3 Å². The van der Waals surface area contributed by atoms with Crippen molar-refractivity contribution in [3.05, 3.63) is 49.2 Å². The summed E-state index contributed by atoms with van der Waals surface area (Å²) in [5, 5.41) is 3.16. The molecule has 2 aromatic heterocycles. The van der Waals surface area contributed by atoms with E-state index in [2.05, 4.69) is 37.9 Å². The van der Waals surface area contributed by atoms with E-state index in [1.807, 2.05) is 42.5 Å². The number of rotatable bonds is 2. The minimum atomic E-state index is -0.778. The molecule has 29 heavy (non-hydrogen) atoms. The molecule has 0 amide bonds. The fraction of sp³-hybridized carbons (Fsp3) is 0.444. The Labute approximate surface area is 194 Å². The normalized spacial score (nSPS) is 18.1. The van der Waals surface area contributed by atoms with E-state index in [-0.39, 0.29) is 11.1 Å². The van der Waals surface area contributed by atoms with Gasteiger partial charge in [-0.15, -0.1) is 0 Å². The first-order chi connectivity index (χ1) is 13.5. The number of halogens is 5. The van der Waals surface area contributed by atoms with Crippen LogP contribution >= 0.6 is 45.2 Å². The van der Waals surface area contributed by atoms with Gasteiger partial charge in [-0.25, -0.2) is 4.98 Å². The van der Waals surface area contributed by atoms with Crippen molar-refractivity contribution in [2.45, 2.75) is 24.9 Å². The van der Waals surface area contributed by atoms with Crippen molar-refractivity contribution >= 4 is 51.0 Å². The van der Waals surface area contributed by atoms with E-state index in [0.717, 1.165) is 28.9 Å². The molecule has 2 saturated heterocycles. The van der Waals surface area contributed by atoms with Gasteiger partial charge in [-0.3, -0.25) is 0 Å². The maximum absolute atomic E-state index is 12.9. The van der Waals surface area contributed by atoms with Gasteiger partial charge < -0.3 is 20.5 Å². The highest BCUT2D eigenvalue weighted by molar-refractivity contribution is 14.1. The van der Waals surface area contributed by atoms with Crippen molar-refractivity contribution in [2.75, 3.05) is 31.7 Å². The summed E-state index contributed by atoms with van der Waals surface area (Å²) in [4.78, 5) is 6.66. The number of aromatic nitrogens is 2. The first kappa shape index (κ1) is 24.5. The lowest BCUT2D eigenvalue weighted by molar-refractivity contribution is -0.0433. The van der Waals surface area contributed by atoms with Crippen molar-refractivity contribution in [3.63, 3.8) is 0 Å². The Bertz CT molecular complexity index is 762. The molecule has 0 aliphatic carbocycles. The first-order valence-corrected chi connectivity index (χ1v) is 10.7. The highest BCUT2D eigenvalue weighted by Gasteiger charge is 2.33. The standard InChI is InChI=1S/C9H10FIN2O.C5H2F2IN.C4H9NO/c1-9(4-14-5-9)13-8-3-6(11)2-7(10)12-8;6-4-1-3(8)2-5(7)9-4;1-4(5)2-6-3-4/h2-3H,4-5H2,1H3,(H,12,13);1-2H;2-3,5H2,1H3. The zero-order valence-electron chi connectivity index (χ0n) is 15.8. The van der Waals surface area contributed by atoms with Gasteiger partial charge in [0.05, 0.1) is 37.5 Å². The molecule has 2 fully saturated rings. The number of nitrogens with zero attached hydrogens (tertiary/aromatic N) is 2. The van der Waals surface area contributed by atoms with Crippen LogP contribution < -0.4 is 11.1 Å². The Morgan fingerprint density at radius 2 is 1.28 bits per heavy atom. The molecule has 0 unspecified atom stereocenters. The highest BCUT2D eigenvalue weighted by Crippen LogP contribution is 2.22. The number of pyridine rings is 2. The van der Waals surface area contributed by atoms with E-state index in [1.54, 1.807) is 0 Å². The lowest BCUT2D eigenvalue weighted by Gasteiger charge is -2.39. The molecule has 0 atom stereocenters. The van der Waals surface area contributed by atoms with Gasteiger partial charge in [0.25, 0.3) is 0 Å². The lowest BCUT2D eigenvalue weighted by atomic mass is 10.0. The highest BCUT2D eigenvalue weighted by atomic mass is 127. The monoisotopic (exact) mass is 636 g/mol. The maximum Gasteiger partial charge on any atom is 0.216 e. The summed E-state index contributed by atoms with van der Waals surface area (Å²) in [5.41, 5.74) is 5.40. The molecule has 3 N–H and O–H groups in total. The van der Waals surface area contributed by atoms with Crippen LogP contribution in [0.2, 0.25) is 0 Å². The van der Waals surface area contributed by atoms with Crippen LogP contribution in [-0.2, 0) is 9.47 Å². The molecule has 0 saturated carbocycles. The summed E-state index contributed by atoms with van der Waals surface area (Å²) in [6.45, 7) is 6.75. The Hall–Kier alpha value is -0.770. The quantitative estimate of drug-likeness (QED) is 0.387. The summed E-state index contributed by atoms with van der Waals surface area (Å²) in [6.07, 6.45) is 0. The third-order valence-corrected chi connectivity index (χ3v) is 4.87. The molecule has 0 aromatic carbocycles. The van der Waals surface area contributed by atoms with E-state index >= 15 is 0 Å². The van der Waals surface area contributed by atoms with Gasteiger partial charge in [0.15, 0.2) is 0 Å². The van der Waals surface area contributed by atoms with E-state index in [9.17, 15) is 13.2 Å². The van der Waals surface area contributed by atoms with Crippen LogP contribution in [0.25, 0.3) is 0 Å². The minimum absolute atomic E-state index is 0. The maximum atomic E-state index is 12.9. The predicted molar refractivity (Wildman–Crippen MR) is 120 cm³/mol. The SMILES string of the molecule is CC1(N)COC1.CC1(Nc2cc(I)cc(F)n2)COC1.Fc1cc(I)cc(F)n1. The Morgan fingerprint density at radius 3 is 1.59 bits per heavy atom. The van der Waals surface area contributed by atoms with Crippen molar-refractivity contribution in [3.8, 4) is 0 Å². The smallest absolute Gasteiger partial charge is 0.216 e. The molecule has 0 spiro atoms. The lowest BCUT2D eigenvalue weighted by Crippen LogP contribution is -2.54. The summed E-state index contributed by atoms with van der Waals surface area (Å²) in [5.74, 6) is -1.44. The van der Waals surface area contributed by atoms with E-state index in [1.165, 1.54) is 6.07 Å². The second-order valence-electron chi connectivity index (χ2n) is 7.25. The van der Waals surface area contributed by atoms with Crippen LogP contribution in [0.4, 0.5) is 19.0 Å². The minimum Gasteiger partial charge on any atom is -0.377 e. The molecule has 11 heteroatoms. The van der Waals surface area contributed by atoms with Gasteiger partial charge in [-0.05, 0) is 65.1 Å². The molecule has 2 aliphatic rings. The van der Waals surface area contributed by atoms with Gasteiger partial charge in [0.2, 0.25) is 17.8 Å². The van der Waals surface area contributed by atoms with E-state index in [4.69, 9.17) is 15.2 Å². The third kappa shape index (κ3) is 8.86. The Kier molecular flexibility index (Phi) is 8.87. The third-order valence-electron chi connectivity index (χ3n) is 3.62.